The smallest absolute Gasteiger partial charge is 0.149 e. The van der Waals surface area contributed by atoms with Gasteiger partial charge in [-0.15, -0.1) is 10.2 Å². The third-order valence-corrected chi connectivity index (χ3v) is 2.00. The summed E-state index contributed by atoms with van der Waals surface area (Å²) in [6, 6.07) is 0.222. The Bertz CT molecular complexity index is 248. The Kier molecular flexibility index (Phi) is 3.85. The Morgan fingerprint density at radius 1 is 1.69 bits per heavy atom. The summed E-state index contributed by atoms with van der Waals surface area (Å²) in [6.45, 7) is 3.53. The second-order valence-corrected chi connectivity index (χ2v) is 2.89. The van der Waals surface area contributed by atoms with Gasteiger partial charge in [-0.3, -0.25) is 0 Å². The van der Waals surface area contributed by atoms with Gasteiger partial charge in [0, 0.05) is 13.7 Å². The lowest BCUT2D eigenvalue weighted by molar-refractivity contribution is 0.185. The first kappa shape index (κ1) is 10.1. The fourth-order valence-corrected chi connectivity index (χ4v) is 1.09. The minimum Gasteiger partial charge on any atom is -0.383 e. The first-order chi connectivity index (χ1) is 6.29. The van der Waals surface area contributed by atoms with Crippen molar-refractivity contribution in [2.75, 3.05) is 20.8 Å². The lowest BCUT2D eigenvalue weighted by atomic mass is 10.3. The van der Waals surface area contributed by atoms with Crippen molar-refractivity contribution in [1.82, 2.24) is 20.1 Å². The summed E-state index contributed by atoms with van der Waals surface area (Å²) in [5.74, 6) is 0.944. The van der Waals surface area contributed by atoms with Gasteiger partial charge in [-0.1, -0.05) is 0 Å². The Labute approximate surface area is 78.1 Å². The minimum atomic E-state index is 0.222. The minimum absolute atomic E-state index is 0.222. The third kappa shape index (κ3) is 2.50. The molecule has 0 amide bonds. The molecular formula is C8H16N4O. The number of hydrogen-bond acceptors (Lipinski definition) is 4. The Hall–Kier alpha value is -0.940. The van der Waals surface area contributed by atoms with Gasteiger partial charge >= 0.3 is 0 Å². The zero-order chi connectivity index (χ0) is 9.68. The molecule has 0 saturated carbocycles. The van der Waals surface area contributed by atoms with E-state index in [1.165, 1.54) is 0 Å². The summed E-state index contributed by atoms with van der Waals surface area (Å²) < 4.78 is 6.98. The van der Waals surface area contributed by atoms with E-state index in [-0.39, 0.29) is 6.04 Å². The van der Waals surface area contributed by atoms with Crippen molar-refractivity contribution >= 4 is 0 Å². The predicted octanol–water partition coefficient (Wildman–Crippen LogP) is 0.205. The topological polar surface area (TPSA) is 52.0 Å². The van der Waals surface area contributed by atoms with Gasteiger partial charge < -0.3 is 14.6 Å². The molecule has 1 atom stereocenters. The van der Waals surface area contributed by atoms with Crippen LogP contribution in [-0.4, -0.2) is 35.5 Å². The molecular weight excluding hydrogens is 168 g/mol. The average molecular weight is 184 g/mol. The van der Waals surface area contributed by atoms with Crippen molar-refractivity contribution in [3.8, 4) is 0 Å². The van der Waals surface area contributed by atoms with Crippen LogP contribution in [0.5, 0.6) is 0 Å². The quantitative estimate of drug-likeness (QED) is 0.710. The van der Waals surface area contributed by atoms with Crippen LogP contribution in [0.4, 0.5) is 0 Å². The number of rotatable bonds is 5. The van der Waals surface area contributed by atoms with E-state index in [2.05, 4.69) is 15.5 Å². The van der Waals surface area contributed by atoms with Crippen molar-refractivity contribution in [2.45, 2.75) is 19.5 Å². The van der Waals surface area contributed by atoms with Gasteiger partial charge in [-0.2, -0.15) is 0 Å². The average Bonchev–Trinajstić information content (AvgIpc) is 2.61. The lowest BCUT2D eigenvalue weighted by Gasteiger charge is -2.11. The zero-order valence-corrected chi connectivity index (χ0v) is 8.32. The van der Waals surface area contributed by atoms with Gasteiger partial charge in [-0.05, 0) is 14.0 Å². The maximum Gasteiger partial charge on any atom is 0.149 e. The molecule has 74 valence electrons. The van der Waals surface area contributed by atoms with E-state index in [0.29, 0.717) is 6.61 Å². The number of aromatic nitrogens is 3. The molecule has 5 heteroatoms. The molecule has 5 nitrogen and oxygen atoms in total. The molecule has 0 aliphatic carbocycles. The zero-order valence-electron chi connectivity index (χ0n) is 8.32. The molecule has 1 rings (SSSR count). The van der Waals surface area contributed by atoms with Crippen LogP contribution < -0.4 is 5.32 Å². The summed E-state index contributed by atoms with van der Waals surface area (Å²) in [5, 5.41) is 11.0. The van der Waals surface area contributed by atoms with E-state index in [1.807, 2.05) is 18.5 Å². The van der Waals surface area contributed by atoms with Crippen LogP contribution in [0.1, 0.15) is 18.8 Å². The highest BCUT2D eigenvalue weighted by molar-refractivity contribution is 4.92. The van der Waals surface area contributed by atoms with Crippen LogP contribution in [0.15, 0.2) is 6.33 Å². The van der Waals surface area contributed by atoms with Gasteiger partial charge in [0.15, 0.2) is 0 Å². The Morgan fingerprint density at radius 3 is 3.08 bits per heavy atom. The highest BCUT2D eigenvalue weighted by atomic mass is 16.5. The Morgan fingerprint density at radius 2 is 2.46 bits per heavy atom. The normalized spacial score (nSPS) is 13.2. The van der Waals surface area contributed by atoms with E-state index >= 15 is 0 Å². The SMILES string of the molecule is CNC(C)c1nncn1CCOC. The highest BCUT2D eigenvalue weighted by Crippen LogP contribution is 2.07. The van der Waals surface area contributed by atoms with Gasteiger partial charge in [0.2, 0.25) is 0 Å². The molecule has 0 spiro atoms. The van der Waals surface area contributed by atoms with Gasteiger partial charge in [-0.25, -0.2) is 0 Å². The second-order valence-electron chi connectivity index (χ2n) is 2.89. The maximum absolute atomic E-state index is 4.99. The summed E-state index contributed by atoms with van der Waals surface area (Å²) in [5.41, 5.74) is 0. The van der Waals surface area contributed by atoms with E-state index < -0.39 is 0 Å². The fraction of sp³-hybridized carbons (Fsp3) is 0.750. The monoisotopic (exact) mass is 184 g/mol. The molecule has 13 heavy (non-hydrogen) atoms. The van der Waals surface area contributed by atoms with E-state index in [4.69, 9.17) is 4.74 Å². The first-order valence-corrected chi connectivity index (χ1v) is 4.33. The molecule has 0 saturated heterocycles. The largest absolute Gasteiger partial charge is 0.383 e. The van der Waals surface area contributed by atoms with Crippen LogP contribution in [0, 0.1) is 0 Å². The molecule has 1 aromatic heterocycles. The first-order valence-electron chi connectivity index (χ1n) is 4.33. The van der Waals surface area contributed by atoms with Crippen molar-refractivity contribution < 1.29 is 4.74 Å². The summed E-state index contributed by atoms with van der Waals surface area (Å²) in [4.78, 5) is 0. The van der Waals surface area contributed by atoms with Gasteiger partial charge in [0.25, 0.3) is 0 Å². The molecule has 0 radical (unpaired) electrons. The summed E-state index contributed by atoms with van der Waals surface area (Å²) >= 11 is 0. The van der Waals surface area contributed by atoms with Crippen molar-refractivity contribution in [1.29, 1.82) is 0 Å². The molecule has 1 heterocycles. The predicted molar refractivity (Wildman–Crippen MR) is 49.4 cm³/mol. The van der Waals surface area contributed by atoms with Crippen LogP contribution in [0.3, 0.4) is 0 Å². The van der Waals surface area contributed by atoms with Gasteiger partial charge in [0.05, 0.1) is 12.6 Å². The van der Waals surface area contributed by atoms with E-state index in [1.54, 1.807) is 13.4 Å². The van der Waals surface area contributed by atoms with Crippen LogP contribution in [0.2, 0.25) is 0 Å². The maximum atomic E-state index is 4.99. The van der Waals surface area contributed by atoms with Crippen LogP contribution >= 0.6 is 0 Å². The molecule has 0 aromatic carbocycles. The summed E-state index contributed by atoms with van der Waals surface area (Å²) in [7, 11) is 3.59. The van der Waals surface area contributed by atoms with Crippen molar-refractivity contribution in [2.24, 2.45) is 0 Å². The number of methoxy groups -OCH3 is 1. The molecule has 1 unspecified atom stereocenters. The van der Waals surface area contributed by atoms with Crippen LogP contribution in [-0.2, 0) is 11.3 Å². The molecule has 1 N–H and O–H groups in total. The number of ether oxygens (including phenoxy) is 1. The second kappa shape index (κ2) is 4.94. The van der Waals surface area contributed by atoms with Crippen LogP contribution in [0.25, 0.3) is 0 Å². The molecule has 0 fully saturated rings. The van der Waals surface area contributed by atoms with Crippen molar-refractivity contribution in [3.05, 3.63) is 12.2 Å². The number of hydrogen-bond donors (Lipinski definition) is 1. The number of nitrogens with zero attached hydrogens (tertiary/aromatic N) is 3. The van der Waals surface area contributed by atoms with E-state index in [9.17, 15) is 0 Å². The standard InChI is InChI=1S/C8H16N4O/c1-7(9-2)8-11-10-6-12(8)4-5-13-3/h6-7,9H,4-5H2,1-3H3. The Balaban J connectivity index is 2.65. The number of nitrogens with one attached hydrogen (secondary N) is 1. The lowest BCUT2D eigenvalue weighted by Crippen LogP contribution is -2.18. The molecule has 1 aromatic rings. The highest BCUT2D eigenvalue weighted by Gasteiger charge is 2.09. The molecule has 0 aliphatic heterocycles. The molecule has 0 aliphatic rings. The molecule has 0 bridgehead atoms. The summed E-state index contributed by atoms with van der Waals surface area (Å²) in [6.07, 6.45) is 1.72. The fourth-order valence-electron chi connectivity index (χ4n) is 1.09. The third-order valence-electron chi connectivity index (χ3n) is 2.00. The van der Waals surface area contributed by atoms with Gasteiger partial charge in [0.1, 0.15) is 12.2 Å². The van der Waals surface area contributed by atoms with E-state index in [0.717, 1.165) is 12.4 Å². The van der Waals surface area contributed by atoms with Crippen molar-refractivity contribution in [3.63, 3.8) is 0 Å².